The van der Waals surface area contributed by atoms with Crippen molar-refractivity contribution >= 4 is 5.84 Å². The Kier molecular flexibility index (Phi) is 3.48. The Morgan fingerprint density at radius 1 is 1.25 bits per heavy atom. The van der Waals surface area contributed by atoms with Crippen molar-refractivity contribution in [2.45, 2.75) is 19.5 Å². The number of nitrogens with one attached hydrogen (secondary N) is 1. The standard InChI is InChI=1S/C16H18N4/c17-16(18)15-9-12(5-7-19-15)10-20-8-6-13-3-1-2-4-14(13)11-20/h1-5,7,9H,6,8,10-11H2,(H3,17,18). The van der Waals surface area contributed by atoms with Crippen LogP contribution in [0.5, 0.6) is 0 Å². The molecule has 1 aliphatic heterocycles. The lowest BCUT2D eigenvalue weighted by atomic mass is 9.99. The zero-order valence-corrected chi connectivity index (χ0v) is 11.3. The van der Waals surface area contributed by atoms with Gasteiger partial charge in [-0.2, -0.15) is 0 Å². The van der Waals surface area contributed by atoms with E-state index < -0.39 is 0 Å². The zero-order chi connectivity index (χ0) is 13.9. The van der Waals surface area contributed by atoms with Gasteiger partial charge < -0.3 is 5.73 Å². The summed E-state index contributed by atoms with van der Waals surface area (Å²) in [6, 6.07) is 12.5. The van der Waals surface area contributed by atoms with Gasteiger partial charge >= 0.3 is 0 Å². The van der Waals surface area contributed by atoms with E-state index in [0.717, 1.165) is 31.6 Å². The van der Waals surface area contributed by atoms with Gasteiger partial charge in [-0.3, -0.25) is 15.3 Å². The van der Waals surface area contributed by atoms with Crippen LogP contribution in [0.15, 0.2) is 42.6 Å². The summed E-state index contributed by atoms with van der Waals surface area (Å²) >= 11 is 0. The number of fused-ring (bicyclic) bond motifs is 1. The highest BCUT2D eigenvalue weighted by molar-refractivity contribution is 5.93. The molecule has 0 unspecified atom stereocenters. The number of rotatable bonds is 3. The molecule has 0 spiro atoms. The maximum Gasteiger partial charge on any atom is 0.141 e. The SMILES string of the molecule is N=C(N)c1cc(CN2CCc3ccccc3C2)ccn1. The van der Waals surface area contributed by atoms with Crippen LogP contribution < -0.4 is 5.73 Å². The number of nitrogens with two attached hydrogens (primary N) is 1. The Morgan fingerprint density at radius 2 is 2.05 bits per heavy atom. The first kappa shape index (κ1) is 12.8. The largest absolute Gasteiger partial charge is 0.382 e. The smallest absolute Gasteiger partial charge is 0.141 e. The molecule has 0 atom stereocenters. The van der Waals surface area contributed by atoms with Crippen LogP contribution in [0, 0.1) is 5.41 Å². The summed E-state index contributed by atoms with van der Waals surface area (Å²) < 4.78 is 0. The van der Waals surface area contributed by atoms with Crippen LogP contribution in [0.25, 0.3) is 0 Å². The minimum Gasteiger partial charge on any atom is -0.382 e. The van der Waals surface area contributed by atoms with Crippen molar-refractivity contribution in [2.75, 3.05) is 6.54 Å². The summed E-state index contributed by atoms with van der Waals surface area (Å²) in [6.45, 7) is 2.92. The maximum atomic E-state index is 7.45. The van der Waals surface area contributed by atoms with Crippen LogP contribution in [-0.2, 0) is 19.5 Å². The van der Waals surface area contributed by atoms with E-state index in [4.69, 9.17) is 11.1 Å². The van der Waals surface area contributed by atoms with Gasteiger partial charge in [-0.15, -0.1) is 0 Å². The molecular formula is C16H18N4. The fourth-order valence-corrected chi connectivity index (χ4v) is 2.67. The third-order valence-corrected chi connectivity index (χ3v) is 3.72. The number of nitrogen functional groups attached to an aromatic ring is 1. The third kappa shape index (κ3) is 2.70. The molecule has 4 nitrogen and oxygen atoms in total. The zero-order valence-electron chi connectivity index (χ0n) is 11.3. The summed E-state index contributed by atoms with van der Waals surface area (Å²) in [4.78, 5) is 6.52. The van der Waals surface area contributed by atoms with Crippen LogP contribution in [-0.4, -0.2) is 22.3 Å². The molecule has 2 heterocycles. The number of hydrogen-bond donors (Lipinski definition) is 2. The molecule has 0 radical (unpaired) electrons. The van der Waals surface area contributed by atoms with Crippen molar-refractivity contribution in [1.29, 1.82) is 5.41 Å². The molecule has 3 N–H and O–H groups in total. The average Bonchev–Trinajstić information content (AvgIpc) is 2.47. The number of aromatic nitrogens is 1. The molecule has 0 fully saturated rings. The Hall–Kier alpha value is -2.20. The van der Waals surface area contributed by atoms with E-state index in [-0.39, 0.29) is 5.84 Å². The molecule has 3 rings (SSSR count). The van der Waals surface area contributed by atoms with E-state index in [1.165, 1.54) is 11.1 Å². The number of nitrogens with zero attached hydrogens (tertiary/aromatic N) is 2. The first-order chi connectivity index (χ1) is 9.72. The molecule has 0 saturated heterocycles. The molecule has 20 heavy (non-hydrogen) atoms. The number of hydrogen-bond acceptors (Lipinski definition) is 3. The normalized spacial score (nSPS) is 14.8. The first-order valence-corrected chi connectivity index (χ1v) is 6.81. The van der Waals surface area contributed by atoms with Crippen molar-refractivity contribution in [3.05, 3.63) is 65.0 Å². The van der Waals surface area contributed by atoms with Crippen molar-refractivity contribution in [3.63, 3.8) is 0 Å². The second-order valence-electron chi connectivity index (χ2n) is 5.19. The molecule has 0 saturated carbocycles. The summed E-state index contributed by atoms with van der Waals surface area (Å²) in [6.07, 6.45) is 2.82. The summed E-state index contributed by atoms with van der Waals surface area (Å²) in [5, 5.41) is 7.45. The van der Waals surface area contributed by atoms with E-state index in [1.807, 2.05) is 12.1 Å². The van der Waals surface area contributed by atoms with E-state index in [9.17, 15) is 0 Å². The topological polar surface area (TPSA) is 66.0 Å². The number of pyridine rings is 1. The first-order valence-electron chi connectivity index (χ1n) is 6.81. The lowest BCUT2D eigenvalue weighted by Crippen LogP contribution is -2.30. The molecule has 1 aromatic heterocycles. The lowest BCUT2D eigenvalue weighted by Gasteiger charge is -2.28. The van der Waals surface area contributed by atoms with Gasteiger partial charge in [-0.1, -0.05) is 24.3 Å². The lowest BCUT2D eigenvalue weighted by molar-refractivity contribution is 0.245. The molecule has 2 aromatic rings. The van der Waals surface area contributed by atoms with Crippen LogP contribution in [0.1, 0.15) is 22.4 Å². The summed E-state index contributed by atoms with van der Waals surface area (Å²) in [5.41, 5.74) is 10.1. The summed E-state index contributed by atoms with van der Waals surface area (Å²) in [7, 11) is 0. The highest BCUT2D eigenvalue weighted by atomic mass is 15.1. The van der Waals surface area contributed by atoms with Gasteiger partial charge in [0.1, 0.15) is 11.5 Å². The van der Waals surface area contributed by atoms with Gasteiger partial charge in [-0.05, 0) is 35.2 Å². The minimum absolute atomic E-state index is 0.0239. The van der Waals surface area contributed by atoms with Crippen molar-refractivity contribution < 1.29 is 0 Å². The van der Waals surface area contributed by atoms with Crippen LogP contribution in [0.3, 0.4) is 0 Å². The maximum absolute atomic E-state index is 7.45. The van der Waals surface area contributed by atoms with Gasteiger partial charge in [-0.25, -0.2) is 0 Å². The van der Waals surface area contributed by atoms with Crippen molar-refractivity contribution in [1.82, 2.24) is 9.88 Å². The van der Waals surface area contributed by atoms with Gasteiger partial charge in [0.2, 0.25) is 0 Å². The minimum atomic E-state index is 0.0239. The van der Waals surface area contributed by atoms with Crippen molar-refractivity contribution in [2.24, 2.45) is 5.73 Å². The van der Waals surface area contributed by atoms with Crippen molar-refractivity contribution in [3.8, 4) is 0 Å². The fraction of sp³-hybridized carbons (Fsp3) is 0.250. The van der Waals surface area contributed by atoms with Gasteiger partial charge in [0, 0.05) is 25.8 Å². The van der Waals surface area contributed by atoms with E-state index in [2.05, 4.69) is 34.1 Å². The summed E-state index contributed by atoms with van der Waals surface area (Å²) in [5.74, 6) is 0.0239. The monoisotopic (exact) mass is 266 g/mol. The number of amidine groups is 1. The van der Waals surface area contributed by atoms with Crippen LogP contribution in [0.2, 0.25) is 0 Å². The van der Waals surface area contributed by atoms with Gasteiger partial charge in [0.25, 0.3) is 0 Å². The molecule has 0 aliphatic carbocycles. The Balaban J connectivity index is 1.73. The molecule has 1 aromatic carbocycles. The molecule has 0 bridgehead atoms. The van der Waals surface area contributed by atoms with Crippen LogP contribution in [0.4, 0.5) is 0 Å². The van der Waals surface area contributed by atoms with E-state index in [1.54, 1.807) is 6.20 Å². The quantitative estimate of drug-likeness (QED) is 0.659. The molecule has 4 heteroatoms. The molecule has 1 aliphatic rings. The second-order valence-corrected chi connectivity index (χ2v) is 5.19. The van der Waals surface area contributed by atoms with E-state index >= 15 is 0 Å². The Morgan fingerprint density at radius 3 is 2.85 bits per heavy atom. The third-order valence-electron chi connectivity index (χ3n) is 3.72. The molecular weight excluding hydrogens is 248 g/mol. The Bertz CT molecular complexity index is 636. The fourth-order valence-electron chi connectivity index (χ4n) is 2.67. The van der Waals surface area contributed by atoms with Gasteiger partial charge in [0.05, 0.1) is 0 Å². The van der Waals surface area contributed by atoms with E-state index in [0.29, 0.717) is 5.69 Å². The molecule has 102 valence electrons. The highest BCUT2D eigenvalue weighted by Crippen LogP contribution is 2.20. The second kappa shape index (κ2) is 5.43. The van der Waals surface area contributed by atoms with Crippen LogP contribution >= 0.6 is 0 Å². The number of benzene rings is 1. The Labute approximate surface area is 118 Å². The molecule has 0 amide bonds. The average molecular weight is 266 g/mol. The predicted molar refractivity (Wildman–Crippen MR) is 79.5 cm³/mol. The predicted octanol–water partition coefficient (Wildman–Crippen LogP) is 1.92. The highest BCUT2D eigenvalue weighted by Gasteiger charge is 2.15. The van der Waals surface area contributed by atoms with Gasteiger partial charge in [0.15, 0.2) is 0 Å².